The Balaban J connectivity index is 1.23. The van der Waals surface area contributed by atoms with Crippen LogP contribution in [0.25, 0.3) is 0 Å². The highest BCUT2D eigenvalue weighted by Crippen LogP contribution is 2.67. The fourth-order valence-electron chi connectivity index (χ4n) is 10.3. The van der Waals surface area contributed by atoms with E-state index in [1.54, 1.807) is 0 Å². The van der Waals surface area contributed by atoms with E-state index in [1.807, 2.05) is 5.57 Å². The van der Waals surface area contributed by atoms with E-state index in [0.29, 0.717) is 22.7 Å². The molecule has 5 nitrogen and oxygen atoms in total. The molecule has 0 aromatic rings. The van der Waals surface area contributed by atoms with Gasteiger partial charge in [-0.3, -0.25) is 0 Å². The van der Waals surface area contributed by atoms with Crippen molar-refractivity contribution in [2.24, 2.45) is 52.3 Å². The quantitative estimate of drug-likeness (QED) is 0.303. The van der Waals surface area contributed by atoms with Crippen molar-refractivity contribution in [1.29, 1.82) is 0 Å². The van der Waals surface area contributed by atoms with Gasteiger partial charge in [-0.05, 0) is 110 Å². The second-order valence-electron chi connectivity index (χ2n) is 15.2. The van der Waals surface area contributed by atoms with Crippen LogP contribution in [0.5, 0.6) is 0 Å². The molecule has 39 heavy (non-hydrogen) atoms. The summed E-state index contributed by atoms with van der Waals surface area (Å²) >= 11 is 0. The molecule has 224 valence electrons. The monoisotopic (exact) mass is 546 g/mol. The van der Waals surface area contributed by atoms with Crippen molar-refractivity contribution in [2.45, 2.75) is 143 Å². The van der Waals surface area contributed by atoms with Crippen LogP contribution in [-0.2, 0) is 9.47 Å². The molecule has 13 unspecified atom stereocenters. The summed E-state index contributed by atoms with van der Waals surface area (Å²) in [5, 5.41) is 30.2. The van der Waals surface area contributed by atoms with E-state index in [4.69, 9.17) is 9.47 Å². The summed E-state index contributed by atoms with van der Waals surface area (Å²) in [4.78, 5) is 0. The van der Waals surface area contributed by atoms with Crippen molar-refractivity contribution >= 4 is 0 Å². The van der Waals surface area contributed by atoms with E-state index in [2.05, 4.69) is 47.6 Å². The molecule has 0 aromatic carbocycles. The van der Waals surface area contributed by atoms with E-state index in [1.165, 1.54) is 44.9 Å². The maximum absolute atomic E-state index is 10.4. The van der Waals surface area contributed by atoms with Crippen LogP contribution in [0.4, 0.5) is 0 Å². The van der Waals surface area contributed by atoms with Gasteiger partial charge in [0.15, 0.2) is 6.29 Å². The molecule has 1 aliphatic heterocycles. The number of aliphatic hydroxyl groups excluding tert-OH is 3. The van der Waals surface area contributed by atoms with Gasteiger partial charge in [0, 0.05) is 0 Å². The van der Waals surface area contributed by atoms with Gasteiger partial charge in [-0.15, -0.1) is 0 Å². The maximum Gasteiger partial charge on any atom is 0.186 e. The normalized spacial score (nSPS) is 47.6. The molecule has 0 bridgehead atoms. The molecule has 3 saturated carbocycles. The average Bonchev–Trinajstić information content (AvgIpc) is 3.26. The van der Waals surface area contributed by atoms with Crippen molar-refractivity contribution in [3.8, 4) is 0 Å². The summed E-state index contributed by atoms with van der Waals surface area (Å²) in [5.41, 5.74) is 2.60. The van der Waals surface area contributed by atoms with E-state index in [9.17, 15) is 15.3 Å². The van der Waals surface area contributed by atoms with Gasteiger partial charge in [-0.2, -0.15) is 0 Å². The largest absolute Gasteiger partial charge is 0.388 e. The summed E-state index contributed by atoms with van der Waals surface area (Å²) in [5.74, 6) is 5.40. The van der Waals surface area contributed by atoms with Crippen molar-refractivity contribution in [2.75, 3.05) is 6.61 Å². The number of fused-ring (bicyclic) bond motifs is 5. The fraction of sp³-hybridized carbons (Fsp3) is 0.941. The Morgan fingerprint density at radius 1 is 0.949 bits per heavy atom. The first-order chi connectivity index (χ1) is 18.5. The van der Waals surface area contributed by atoms with Gasteiger partial charge in [0.05, 0.1) is 12.7 Å². The van der Waals surface area contributed by atoms with E-state index >= 15 is 0 Å². The molecule has 0 amide bonds. The lowest BCUT2D eigenvalue weighted by Crippen LogP contribution is -2.55. The van der Waals surface area contributed by atoms with Crippen molar-refractivity contribution in [3.63, 3.8) is 0 Å². The zero-order chi connectivity index (χ0) is 28.1. The Morgan fingerprint density at radius 3 is 2.38 bits per heavy atom. The van der Waals surface area contributed by atoms with Gasteiger partial charge < -0.3 is 24.8 Å². The van der Waals surface area contributed by atoms with Crippen LogP contribution in [0.15, 0.2) is 11.6 Å². The van der Waals surface area contributed by atoms with Gasteiger partial charge >= 0.3 is 0 Å². The van der Waals surface area contributed by atoms with Gasteiger partial charge in [0.1, 0.15) is 18.3 Å². The van der Waals surface area contributed by atoms with Crippen LogP contribution in [-0.4, -0.2) is 52.6 Å². The Morgan fingerprint density at radius 2 is 1.67 bits per heavy atom. The Bertz CT molecular complexity index is 872. The van der Waals surface area contributed by atoms with Gasteiger partial charge in [-0.1, -0.05) is 66.0 Å². The van der Waals surface area contributed by atoms with Gasteiger partial charge in [0.2, 0.25) is 0 Å². The predicted molar refractivity (Wildman–Crippen MR) is 155 cm³/mol. The molecule has 4 fully saturated rings. The van der Waals surface area contributed by atoms with Crippen LogP contribution < -0.4 is 0 Å². The van der Waals surface area contributed by atoms with Crippen LogP contribution in [0.1, 0.15) is 112 Å². The minimum absolute atomic E-state index is 0.00160. The Hall–Kier alpha value is -0.460. The molecular weight excluding hydrogens is 488 g/mol. The van der Waals surface area contributed by atoms with E-state index in [0.717, 1.165) is 55.3 Å². The van der Waals surface area contributed by atoms with Crippen molar-refractivity contribution in [3.05, 3.63) is 11.6 Å². The zero-order valence-corrected chi connectivity index (χ0v) is 25.6. The molecule has 0 aromatic heterocycles. The molecule has 4 aliphatic carbocycles. The highest BCUT2D eigenvalue weighted by atomic mass is 16.7. The van der Waals surface area contributed by atoms with E-state index in [-0.39, 0.29) is 12.7 Å². The lowest BCUT2D eigenvalue weighted by molar-refractivity contribution is -0.288. The fourth-order valence-corrected chi connectivity index (χ4v) is 10.3. The lowest BCUT2D eigenvalue weighted by Gasteiger charge is -2.58. The highest BCUT2D eigenvalue weighted by Gasteiger charge is 2.58. The first-order valence-corrected chi connectivity index (χ1v) is 16.5. The van der Waals surface area contributed by atoms with Crippen LogP contribution in [0, 0.1) is 52.3 Å². The molecule has 5 heteroatoms. The molecule has 3 N–H and O–H groups in total. The first kappa shape index (κ1) is 30.0. The summed E-state index contributed by atoms with van der Waals surface area (Å²) in [6.07, 6.45) is 12.2. The van der Waals surface area contributed by atoms with Gasteiger partial charge in [0.25, 0.3) is 0 Å². The number of aliphatic hydroxyl groups is 3. The van der Waals surface area contributed by atoms with Crippen molar-refractivity contribution in [1.82, 2.24) is 0 Å². The number of hydrogen-bond acceptors (Lipinski definition) is 5. The number of hydrogen-bond donors (Lipinski definition) is 3. The lowest BCUT2D eigenvalue weighted by atomic mass is 9.47. The average molecular weight is 547 g/mol. The highest BCUT2D eigenvalue weighted by molar-refractivity contribution is 5.27. The second-order valence-corrected chi connectivity index (χ2v) is 15.2. The van der Waals surface area contributed by atoms with Crippen LogP contribution in [0.2, 0.25) is 0 Å². The third kappa shape index (κ3) is 5.42. The van der Waals surface area contributed by atoms with Crippen LogP contribution in [0.3, 0.4) is 0 Å². The molecular formula is C34H58O5. The molecule has 1 saturated heterocycles. The summed E-state index contributed by atoms with van der Waals surface area (Å²) in [6, 6.07) is 0. The minimum Gasteiger partial charge on any atom is -0.388 e. The SMILES string of the molecule is CCC(CCC(C)C1CCC2C3=CCC4CC(OC5OCC(O)C(O)C5O)CCC4(C)C3CCC21C)C(C)C. The zero-order valence-electron chi connectivity index (χ0n) is 25.6. The third-order valence-electron chi connectivity index (χ3n) is 13.0. The molecule has 13 atom stereocenters. The summed E-state index contributed by atoms with van der Waals surface area (Å²) in [7, 11) is 0. The molecule has 5 aliphatic rings. The molecule has 5 rings (SSSR count). The Labute approximate surface area is 238 Å². The summed E-state index contributed by atoms with van der Waals surface area (Å²) < 4.78 is 11.8. The van der Waals surface area contributed by atoms with Crippen molar-refractivity contribution < 1.29 is 24.8 Å². The standard InChI is InChI=1S/C34H58O5/c1-7-22(20(2)3)9-8-21(4)26-12-13-27-25-11-10-23-18-24(39-32-31(37)30(36)29(35)19-38-32)14-16-33(23,5)28(25)15-17-34(26,27)6/h11,20-24,26-32,35-37H,7-10,12-19H2,1-6H3. The molecule has 0 spiro atoms. The minimum atomic E-state index is -1.21. The smallest absolute Gasteiger partial charge is 0.186 e. The second kappa shape index (κ2) is 11.7. The number of ether oxygens (including phenoxy) is 2. The number of allylic oxidation sites excluding steroid dienone is 2. The number of rotatable bonds is 8. The predicted octanol–water partition coefficient (Wildman–Crippen LogP) is 6.49. The topological polar surface area (TPSA) is 79.2 Å². The maximum atomic E-state index is 10.4. The molecule has 1 heterocycles. The Kier molecular flexibility index (Phi) is 8.98. The van der Waals surface area contributed by atoms with Gasteiger partial charge in [-0.25, -0.2) is 0 Å². The summed E-state index contributed by atoms with van der Waals surface area (Å²) in [6.45, 7) is 15.0. The van der Waals surface area contributed by atoms with E-state index < -0.39 is 24.6 Å². The third-order valence-corrected chi connectivity index (χ3v) is 13.0. The molecule has 0 radical (unpaired) electrons. The van der Waals surface area contributed by atoms with Crippen LogP contribution >= 0.6 is 0 Å². The first-order valence-electron chi connectivity index (χ1n) is 16.5.